The number of fused-ring (bicyclic) bond motifs is 1. The molecule has 2 aliphatic heterocycles. The molecule has 0 bridgehead atoms. The molecule has 7 heteroatoms. The van der Waals surface area contributed by atoms with Gasteiger partial charge in [-0.25, -0.2) is 13.8 Å². The van der Waals surface area contributed by atoms with E-state index in [9.17, 15) is 13.6 Å². The van der Waals surface area contributed by atoms with Crippen LogP contribution in [0.5, 0.6) is 5.75 Å². The molecule has 0 saturated carbocycles. The van der Waals surface area contributed by atoms with Crippen molar-refractivity contribution in [3.8, 4) is 5.75 Å². The van der Waals surface area contributed by atoms with Crippen LogP contribution in [-0.4, -0.2) is 40.7 Å². The minimum absolute atomic E-state index is 0.380. The summed E-state index contributed by atoms with van der Waals surface area (Å²) in [5.74, 6) is 1.40. The number of piperidine rings is 1. The first-order valence-corrected chi connectivity index (χ1v) is 9.90. The van der Waals surface area contributed by atoms with Gasteiger partial charge >= 0.3 is 0 Å². The maximum Gasteiger partial charge on any atom is 0.280 e. The summed E-state index contributed by atoms with van der Waals surface area (Å²) in [6.07, 6.45) is 2.58. The fourth-order valence-electron chi connectivity index (χ4n) is 4.05. The van der Waals surface area contributed by atoms with Gasteiger partial charge < -0.3 is 9.64 Å². The van der Waals surface area contributed by atoms with Gasteiger partial charge in [0.15, 0.2) is 0 Å². The van der Waals surface area contributed by atoms with Crippen LogP contribution in [0.15, 0.2) is 35.4 Å². The Hall–Kier alpha value is -2.28. The molecule has 0 radical (unpaired) electrons. The van der Waals surface area contributed by atoms with Gasteiger partial charge in [-0.1, -0.05) is 12.1 Å². The Bertz CT molecular complexity index is 876. The average molecular weight is 389 g/mol. The quantitative estimate of drug-likeness (QED) is 0.762. The van der Waals surface area contributed by atoms with E-state index in [0.29, 0.717) is 12.5 Å². The molecular weight excluding hydrogens is 364 g/mol. The maximum absolute atomic E-state index is 12.6. The van der Waals surface area contributed by atoms with Crippen molar-refractivity contribution < 1.29 is 13.5 Å². The standard InChI is InChI=1S/C21H25F2N3O2/c22-21(23)18-12-20(27)26(14-24-18)13-16-4-8-25(9-5-16)7-3-15-1-2-19-17(11-15)6-10-28-19/h1-2,11-12,14,16,21H,3-10,13H2. The van der Waals surface area contributed by atoms with Crippen LogP contribution in [0.1, 0.15) is 36.1 Å². The molecule has 5 nitrogen and oxygen atoms in total. The number of hydrogen-bond donors (Lipinski definition) is 0. The summed E-state index contributed by atoms with van der Waals surface area (Å²) in [5, 5.41) is 0. The van der Waals surface area contributed by atoms with Crippen LogP contribution in [0.4, 0.5) is 8.78 Å². The predicted octanol–water partition coefficient (Wildman–Crippen LogP) is 3.07. The van der Waals surface area contributed by atoms with E-state index in [1.165, 1.54) is 22.0 Å². The van der Waals surface area contributed by atoms with Crippen molar-refractivity contribution in [3.63, 3.8) is 0 Å². The molecule has 0 spiro atoms. The highest BCUT2D eigenvalue weighted by molar-refractivity contribution is 5.39. The molecule has 1 saturated heterocycles. The molecule has 2 aromatic rings. The van der Waals surface area contributed by atoms with Crippen molar-refractivity contribution in [3.05, 3.63) is 57.8 Å². The number of benzene rings is 1. The highest BCUT2D eigenvalue weighted by atomic mass is 19.3. The first-order valence-electron chi connectivity index (χ1n) is 9.90. The maximum atomic E-state index is 12.6. The van der Waals surface area contributed by atoms with Crippen LogP contribution in [0, 0.1) is 5.92 Å². The van der Waals surface area contributed by atoms with Crippen molar-refractivity contribution in [2.45, 2.75) is 38.7 Å². The Morgan fingerprint density at radius 3 is 2.79 bits per heavy atom. The Balaban J connectivity index is 1.25. The first-order chi connectivity index (χ1) is 13.6. The van der Waals surface area contributed by atoms with Crippen LogP contribution in [0.2, 0.25) is 0 Å². The van der Waals surface area contributed by atoms with Crippen LogP contribution in [0.3, 0.4) is 0 Å². The average Bonchev–Trinajstić information content (AvgIpc) is 3.16. The van der Waals surface area contributed by atoms with Crippen LogP contribution in [-0.2, 0) is 19.4 Å². The highest BCUT2D eigenvalue weighted by Gasteiger charge is 2.21. The minimum atomic E-state index is -2.70. The summed E-state index contributed by atoms with van der Waals surface area (Å²) in [5.41, 5.74) is 1.82. The summed E-state index contributed by atoms with van der Waals surface area (Å²) >= 11 is 0. The second-order valence-electron chi connectivity index (χ2n) is 7.68. The molecule has 0 aliphatic carbocycles. The van der Waals surface area contributed by atoms with Crippen molar-refractivity contribution in [1.82, 2.24) is 14.5 Å². The Kier molecular flexibility index (Phi) is 5.71. The normalized spacial score (nSPS) is 17.7. The molecule has 150 valence electrons. The van der Waals surface area contributed by atoms with Gasteiger partial charge in [0.1, 0.15) is 11.4 Å². The zero-order valence-electron chi connectivity index (χ0n) is 15.8. The number of rotatable bonds is 6. The molecule has 0 N–H and O–H groups in total. The van der Waals surface area contributed by atoms with Crippen molar-refractivity contribution >= 4 is 0 Å². The predicted molar refractivity (Wildman–Crippen MR) is 102 cm³/mol. The fraction of sp³-hybridized carbons (Fsp3) is 0.524. The van der Waals surface area contributed by atoms with Crippen molar-refractivity contribution in [1.29, 1.82) is 0 Å². The molecule has 28 heavy (non-hydrogen) atoms. The monoisotopic (exact) mass is 389 g/mol. The van der Waals surface area contributed by atoms with Crippen LogP contribution in [0.25, 0.3) is 0 Å². The number of alkyl halides is 2. The van der Waals surface area contributed by atoms with E-state index < -0.39 is 17.7 Å². The van der Waals surface area contributed by atoms with Crippen molar-refractivity contribution in [2.75, 3.05) is 26.2 Å². The van der Waals surface area contributed by atoms with E-state index in [0.717, 1.165) is 63.7 Å². The van der Waals surface area contributed by atoms with Gasteiger partial charge in [-0.05, 0) is 55.5 Å². The number of nitrogens with zero attached hydrogens (tertiary/aromatic N) is 3. The molecule has 0 atom stereocenters. The van der Waals surface area contributed by atoms with E-state index in [4.69, 9.17) is 4.74 Å². The van der Waals surface area contributed by atoms with Gasteiger partial charge in [-0.2, -0.15) is 0 Å². The van der Waals surface area contributed by atoms with E-state index in [1.807, 2.05) is 0 Å². The lowest BCUT2D eigenvalue weighted by Gasteiger charge is -2.32. The third-order valence-corrected chi connectivity index (χ3v) is 5.76. The molecule has 1 aromatic carbocycles. The topological polar surface area (TPSA) is 47.4 Å². The fourth-order valence-corrected chi connectivity index (χ4v) is 4.05. The van der Waals surface area contributed by atoms with Gasteiger partial charge in [-0.15, -0.1) is 0 Å². The molecule has 0 amide bonds. The van der Waals surface area contributed by atoms with Gasteiger partial charge in [-0.3, -0.25) is 9.36 Å². The zero-order valence-corrected chi connectivity index (χ0v) is 15.8. The summed E-state index contributed by atoms with van der Waals surface area (Å²) in [6.45, 7) is 4.35. The van der Waals surface area contributed by atoms with Gasteiger partial charge in [0, 0.05) is 25.6 Å². The Morgan fingerprint density at radius 2 is 2.04 bits per heavy atom. The molecular formula is C21H25F2N3O2. The van der Waals surface area contributed by atoms with E-state index >= 15 is 0 Å². The van der Waals surface area contributed by atoms with Gasteiger partial charge in [0.05, 0.1) is 12.9 Å². The lowest BCUT2D eigenvalue weighted by molar-refractivity contribution is 0.145. The minimum Gasteiger partial charge on any atom is -0.493 e. The molecule has 1 fully saturated rings. The molecule has 0 unspecified atom stereocenters. The largest absolute Gasteiger partial charge is 0.493 e. The summed E-state index contributed by atoms with van der Waals surface area (Å²) in [7, 11) is 0. The molecule has 2 aliphatic rings. The number of hydrogen-bond acceptors (Lipinski definition) is 4. The third kappa shape index (κ3) is 4.41. The van der Waals surface area contributed by atoms with Crippen molar-refractivity contribution in [2.24, 2.45) is 5.92 Å². The SMILES string of the molecule is O=c1cc(C(F)F)ncn1CC1CCN(CCc2ccc3c(c2)CCO3)CC1. The smallest absolute Gasteiger partial charge is 0.280 e. The third-order valence-electron chi connectivity index (χ3n) is 5.76. The number of ether oxygens (including phenoxy) is 1. The van der Waals surface area contributed by atoms with Crippen LogP contribution < -0.4 is 10.3 Å². The lowest BCUT2D eigenvalue weighted by Crippen LogP contribution is -2.37. The zero-order chi connectivity index (χ0) is 19.5. The second-order valence-corrected chi connectivity index (χ2v) is 7.68. The Morgan fingerprint density at radius 1 is 1.21 bits per heavy atom. The number of halogens is 2. The number of likely N-dealkylation sites (tertiary alicyclic amines) is 1. The lowest BCUT2D eigenvalue weighted by atomic mass is 9.96. The Labute approximate surface area is 163 Å². The van der Waals surface area contributed by atoms with E-state index in [1.54, 1.807) is 0 Å². The second kappa shape index (κ2) is 8.39. The summed E-state index contributed by atoms with van der Waals surface area (Å²) in [6, 6.07) is 7.44. The highest BCUT2D eigenvalue weighted by Crippen LogP contribution is 2.26. The van der Waals surface area contributed by atoms with Gasteiger partial charge in [0.2, 0.25) is 0 Å². The molecule has 1 aromatic heterocycles. The molecule has 4 rings (SSSR count). The van der Waals surface area contributed by atoms with E-state index in [2.05, 4.69) is 28.1 Å². The van der Waals surface area contributed by atoms with E-state index in [-0.39, 0.29) is 0 Å². The molecule has 3 heterocycles. The number of aromatic nitrogens is 2. The summed E-state index contributed by atoms with van der Waals surface area (Å²) in [4.78, 5) is 18.2. The van der Waals surface area contributed by atoms with Gasteiger partial charge in [0.25, 0.3) is 12.0 Å². The first kappa shape index (κ1) is 19.1. The van der Waals surface area contributed by atoms with Crippen LogP contribution >= 0.6 is 0 Å². The summed E-state index contributed by atoms with van der Waals surface area (Å²) < 4.78 is 32.3.